The number of ether oxygens (including phenoxy) is 2. The second-order valence-electron chi connectivity index (χ2n) is 12.0. The van der Waals surface area contributed by atoms with Gasteiger partial charge in [0, 0.05) is 13.3 Å². The van der Waals surface area contributed by atoms with E-state index in [0.29, 0.717) is 28.5 Å². The van der Waals surface area contributed by atoms with E-state index in [1.54, 1.807) is 44.2 Å². The SMILES string of the molecule is CC(=O)OC1CC(O)C(C)OC1C1(C)C(=O)C2=NC1=CC1=NC(=CC3=NC(=CC4=NC(=C2)C=C4C)C(C)(O)C3=O)C(C)=C1. The van der Waals surface area contributed by atoms with E-state index in [-0.39, 0.29) is 29.3 Å². The lowest BCUT2D eigenvalue weighted by molar-refractivity contribution is -0.206. The Morgan fingerprint density at radius 1 is 0.907 bits per heavy atom. The van der Waals surface area contributed by atoms with Crippen molar-refractivity contribution in [2.75, 3.05) is 0 Å². The number of nitrogens with zero attached hydrogens (tertiary/aromatic N) is 4. The van der Waals surface area contributed by atoms with E-state index in [4.69, 9.17) is 14.5 Å². The van der Waals surface area contributed by atoms with Crippen LogP contribution in [0.2, 0.25) is 0 Å². The molecule has 222 valence electrons. The Morgan fingerprint density at radius 3 is 2.33 bits per heavy atom. The Bertz CT molecular complexity index is 1710. The van der Waals surface area contributed by atoms with Crippen LogP contribution in [0.15, 0.2) is 90.4 Å². The van der Waals surface area contributed by atoms with E-state index in [1.165, 1.54) is 19.9 Å². The third-order valence-corrected chi connectivity index (χ3v) is 8.64. The standard InChI is InChI=1S/C32H32N4O7/c1-14-8-19-10-26-31(5,30-25(43-17(4)37)13-24(38)16(3)42-30)28(39)22(35-26)9-18-7-15(2)21(33-18)12-27-32(6,41)29(40)23(36-27)11-20(14)34-19/h7-12,16,24-25,30,38,41H,13H2,1-6H3. The molecule has 6 rings (SSSR count). The number of Topliss-reactive ketones (excluding diaryl/α,β-unsaturated/α-hetero) is 2. The summed E-state index contributed by atoms with van der Waals surface area (Å²) in [6, 6.07) is 0. The molecule has 0 aromatic carbocycles. The van der Waals surface area contributed by atoms with Crippen molar-refractivity contribution in [1.29, 1.82) is 0 Å². The first-order chi connectivity index (χ1) is 20.2. The van der Waals surface area contributed by atoms with Crippen LogP contribution in [0.4, 0.5) is 0 Å². The zero-order chi connectivity index (χ0) is 31.0. The lowest BCUT2D eigenvalue weighted by Crippen LogP contribution is -2.57. The van der Waals surface area contributed by atoms with Gasteiger partial charge in [0.25, 0.3) is 0 Å². The highest BCUT2D eigenvalue weighted by molar-refractivity contribution is 6.50. The number of ketones is 2. The minimum absolute atomic E-state index is 0.0632. The van der Waals surface area contributed by atoms with Crippen molar-refractivity contribution < 1.29 is 34.1 Å². The number of carbonyl (C=O) groups excluding carboxylic acids is 3. The zero-order valence-corrected chi connectivity index (χ0v) is 24.7. The maximum absolute atomic E-state index is 14.3. The molecule has 0 amide bonds. The first-order valence-electron chi connectivity index (χ1n) is 14.1. The van der Waals surface area contributed by atoms with Gasteiger partial charge in [0.1, 0.15) is 29.0 Å². The largest absolute Gasteiger partial charge is 0.460 e. The van der Waals surface area contributed by atoms with Crippen molar-refractivity contribution in [2.45, 2.75) is 78.0 Å². The quantitative estimate of drug-likeness (QED) is 0.472. The summed E-state index contributed by atoms with van der Waals surface area (Å²) in [4.78, 5) is 58.0. The molecule has 0 aliphatic carbocycles. The van der Waals surface area contributed by atoms with E-state index in [0.717, 1.165) is 11.1 Å². The fourth-order valence-corrected chi connectivity index (χ4v) is 6.04. The van der Waals surface area contributed by atoms with Crippen molar-refractivity contribution in [2.24, 2.45) is 25.4 Å². The lowest BCUT2D eigenvalue weighted by Gasteiger charge is -2.44. The molecule has 6 atom stereocenters. The first-order valence-corrected chi connectivity index (χ1v) is 14.1. The van der Waals surface area contributed by atoms with Gasteiger partial charge in [0.05, 0.1) is 46.4 Å². The van der Waals surface area contributed by atoms with E-state index < -0.39 is 47.2 Å². The van der Waals surface area contributed by atoms with Crippen LogP contribution < -0.4 is 0 Å². The van der Waals surface area contributed by atoms with Gasteiger partial charge < -0.3 is 19.7 Å². The topological polar surface area (TPSA) is 160 Å². The molecule has 11 nitrogen and oxygen atoms in total. The lowest BCUT2D eigenvalue weighted by atomic mass is 9.73. The number of fused-ring (bicyclic) bond motifs is 4. The zero-order valence-electron chi connectivity index (χ0n) is 24.7. The maximum atomic E-state index is 14.3. The number of hydrogen-bond acceptors (Lipinski definition) is 11. The summed E-state index contributed by atoms with van der Waals surface area (Å²) < 4.78 is 11.8. The van der Waals surface area contributed by atoms with Crippen LogP contribution in [0, 0.1) is 5.41 Å². The minimum atomic E-state index is -1.84. The molecule has 8 bridgehead atoms. The number of hydrogen-bond donors (Lipinski definition) is 2. The highest BCUT2D eigenvalue weighted by Gasteiger charge is 2.57. The summed E-state index contributed by atoms with van der Waals surface area (Å²) in [7, 11) is 0. The van der Waals surface area contributed by atoms with Crippen LogP contribution in [-0.2, 0) is 23.9 Å². The van der Waals surface area contributed by atoms with Crippen molar-refractivity contribution in [3.05, 3.63) is 70.4 Å². The molecule has 43 heavy (non-hydrogen) atoms. The minimum Gasteiger partial charge on any atom is -0.460 e. The molecule has 6 unspecified atom stereocenters. The number of carbonyl (C=O) groups is 3. The van der Waals surface area contributed by atoms with E-state index in [1.807, 2.05) is 13.8 Å². The summed E-state index contributed by atoms with van der Waals surface area (Å²) in [5.41, 5.74) is 0.789. The first kappa shape index (κ1) is 28.9. The summed E-state index contributed by atoms with van der Waals surface area (Å²) in [5.74, 6) is -1.47. The van der Waals surface area contributed by atoms with Gasteiger partial charge in [-0.1, -0.05) is 0 Å². The molecule has 1 saturated heterocycles. The van der Waals surface area contributed by atoms with Crippen LogP contribution in [0.1, 0.15) is 48.0 Å². The Labute approximate surface area is 248 Å². The number of aliphatic hydroxyl groups is 2. The van der Waals surface area contributed by atoms with Crippen LogP contribution in [0.25, 0.3) is 0 Å². The molecule has 6 heterocycles. The predicted molar refractivity (Wildman–Crippen MR) is 159 cm³/mol. The van der Waals surface area contributed by atoms with Crippen LogP contribution in [0.3, 0.4) is 0 Å². The van der Waals surface area contributed by atoms with E-state index >= 15 is 0 Å². The molecule has 0 aromatic heterocycles. The highest BCUT2D eigenvalue weighted by Crippen LogP contribution is 2.46. The monoisotopic (exact) mass is 584 g/mol. The van der Waals surface area contributed by atoms with Crippen molar-refractivity contribution in [1.82, 2.24) is 0 Å². The molecular weight excluding hydrogens is 552 g/mol. The van der Waals surface area contributed by atoms with E-state index in [2.05, 4.69) is 15.0 Å². The number of allylic oxidation sites excluding steroid dienone is 8. The van der Waals surface area contributed by atoms with Gasteiger partial charge >= 0.3 is 5.97 Å². The molecule has 0 radical (unpaired) electrons. The summed E-state index contributed by atoms with van der Waals surface area (Å²) in [6.45, 7) is 9.72. The number of aliphatic hydroxyl groups excluding tert-OH is 1. The van der Waals surface area contributed by atoms with Gasteiger partial charge in [0.15, 0.2) is 11.4 Å². The Hall–Kier alpha value is -4.19. The average Bonchev–Trinajstić information content (AvgIpc) is 3.58. The second kappa shape index (κ2) is 9.94. The molecule has 0 saturated carbocycles. The Balaban J connectivity index is 1.54. The van der Waals surface area contributed by atoms with Crippen LogP contribution >= 0.6 is 0 Å². The van der Waals surface area contributed by atoms with Gasteiger partial charge in [-0.2, -0.15) is 0 Å². The molecule has 6 aliphatic heterocycles. The van der Waals surface area contributed by atoms with Crippen molar-refractivity contribution in [3.8, 4) is 0 Å². The van der Waals surface area contributed by atoms with Gasteiger partial charge in [-0.3, -0.25) is 14.4 Å². The number of rotatable bonds is 2. The Morgan fingerprint density at radius 2 is 1.60 bits per heavy atom. The molecule has 0 aromatic rings. The fourth-order valence-electron chi connectivity index (χ4n) is 6.04. The predicted octanol–water partition coefficient (Wildman–Crippen LogP) is 2.61. The normalized spacial score (nSPS) is 35.2. The summed E-state index contributed by atoms with van der Waals surface area (Å²) in [6.07, 6.45) is 6.61. The number of aliphatic imine (C=N–C) groups is 4. The third-order valence-electron chi connectivity index (χ3n) is 8.64. The summed E-state index contributed by atoms with van der Waals surface area (Å²) >= 11 is 0. The van der Waals surface area contributed by atoms with Crippen molar-refractivity contribution in [3.63, 3.8) is 0 Å². The molecule has 6 aliphatic rings. The van der Waals surface area contributed by atoms with Gasteiger partial charge in [0.2, 0.25) is 5.78 Å². The molecular formula is C32H32N4O7. The van der Waals surface area contributed by atoms with E-state index in [9.17, 15) is 24.6 Å². The average molecular weight is 585 g/mol. The fraction of sp³-hybridized carbons (Fsp3) is 0.406. The van der Waals surface area contributed by atoms with Gasteiger partial charge in [-0.15, -0.1) is 0 Å². The molecule has 0 spiro atoms. The smallest absolute Gasteiger partial charge is 0.302 e. The molecule has 11 heteroatoms. The summed E-state index contributed by atoms with van der Waals surface area (Å²) in [5, 5.41) is 21.6. The maximum Gasteiger partial charge on any atom is 0.302 e. The van der Waals surface area contributed by atoms with Crippen molar-refractivity contribution >= 4 is 40.4 Å². The van der Waals surface area contributed by atoms with Crippen LogP contribution in [0.5, 0.6) is 0 Å². The van der Waals surface area contributed by atoms with Gasteiger partial charge in [-0.25, -0.2) is 20.0 Å². The Kier molecular flexibility index (Phi) is 6.68. The van der Waals surface area contributed by atoms with Crippen LogP contribution in [-0.4, -0.2) is 80.6 Å². The second-order valence-corrected chi connectivity index (χ2v) is 12.0. The van der Waals surface area contributed by atoms with Gasteiger partial charge in [-0.05, 0) is 82.2 Å². The number of esters is 1. The molecule has 1 fully saturated rings. The third kappa shape index (κ3) is 4.68. The molecule has 2 N–H and O–H groups in total. The highest BCUT2D eigenvalue weighted by atomic mass is 16.6.